The maximum atomic E-state index is 11.8. The van der Waals surface area contributed by atoms with Crippen LogP contribution in [0.1, 0.15) is 6.42 Å². The molecule has 7 nitrogen and oxygen atoms in total. The number of aliphatic carboxylic acids is 1. The lowest BCUT2D eigenvalue weighted by Gasteiger charge is -2.14. The van der Waals surface area contributed by atoms with E-state index in [0.717, 1.165) is 7.11 Å². The van der Waals surface area contributed by atoms with E-state index in [-0.39, 0.29) is 0 Å². The van der Waals surface area contributed by atoms with Crippen molar-refractivity contribution in [2.75, 3.05) is 12.4 Å². The number of carboxylic acids is 1. The predicted octanol–water partition coefficient (Wildman–Crippen LogP) is 2.24. The van der Waals surface area contributed by atoms with Crippen molar-refractivity contribution in [3.63, 3.8) is 0 Å². The summed E-state index contributed by atoms with van der Waals surface area (Å²) in [5.74, 6) is -2.09. The average molecular weight is 380 g/mol. The van der Waals surface area contributed by atoms with Crippen LogP contribution >= 0.6 is 27.5 Å². The van der Waals surface area contributed by atoms with Crippen molar-refractivity contribution in [1.82, 2.24) is 5.32 Å². The van der Waals surface area contributed by atoms with Gasteiger partial charge in [0.15, 0.2) is 0 Å². The van der Waals surface area contributed by atoms with Crippen LogP contribution in [0.5, 0.6) is 0 Å². The largest absolute Gasteiger partial charge is 0.480 e. The first kappa shape index (κ1) is 17.3. The van der Waals surface area contributed by atoms with Gasteiger partial charge in [0.25, 0.3) is 0 Å². The van der Waals surface area contributed by atoms with Crippen LogP contribution in [0.3, 0.4) is 0 Å². The molecule has 9 heteroatoms. The van der Waals surface area contributed by atoms with Crippen LogP contribution in [0, 0.1) is 0 Å². The molecule has 1 atom stereocenters. The number of urea groups is 1. The van der Waals surface area contributed by atoms with Gasteiger partial charge in [-0.1, -0.05) is 11.6 Å². The lowest BCUT2D eigenvalue weighted by molar-refractivity contribution is -0.147. The number of carbonyl (C=O) groups excluding carboxylic acids is 2. The van der Waals surface area contributed by atoms with Crippen molar-refractivity contribution >= 4 is 51.2 Å². The molecule has 3 N–H and O–H groups in total. The van der Waals surface area contributed by atoms with Gasteiger partial charge >= 0.3 is 18.0 Å². The molecule has 0 radical (unpaired) electrons. The Morgan fingerprint density at radius 1 is 1.43 bits per heavy atom. The summed E-state index contributed by atoms with van der Waals surface area (Å²) >= 11 is 9.01. The molecule has 1 aromatic rings. The Kier molecular flexibility index (Phi) is 6.44. The summed E-state index contributed by atoms with van der Waals surface area (Å²) in [6.07, 6.45) is -0.476. The number of carbonyl (C=O) groups is 3. The third kappa shape index (κ3) is 5.60. The first-order chi connectivity index (χ1) is 9.83. The summed E-state index contributed by atoms with van der Waals surface area (Å²) in [7, 11) is 1.13. The zero-order chi connectivity index (χ0) is 16.0. The molecule has 0 spiro atoms. The van der Waals surface area contributed by atoms with Gasteiger partial charge in [-0.3, -0.25) is 4.79 Å². The number of benzene rings is 1. The van der Waals surface area contributed by atoms with Crippen molar-refractivity contribution < 1.29 is 24.2 Å². The first-order valence-electron chi connectivity index (χ1n) is 5.65. The number of hydrogen-bond donors (Lipinski definition) is 3. The van der Waals surface area contributed by atoms with Crippen LogP contribution in [0.4, 0.5) is 10.5 Å². The summed E-state index contributed by atoms with van der Waals surface area (Å²) < 4.78 is 4.94. The van der Waals surface area contributed by atoms with E-state index in [1.54, 1.807) is 12.1 Å². The standard InChI is InChI=1S/C12H12BrClN2O5/c1-21-10(17)5-9(11(18)19)16-12(20)15-8-4-6(14)2-3-7(8)13/h2-4,9H,5H2,1H3,(H,18,19)(H2,15,16,20)/t9-/m0/s1. The molecule has 0 aromatic heterocycles. The molecule has 21 heavy (non-hydrogen) atoms. The fourth-order valence-electron chi connectivity index (χ4n) is 1.36. The number of esters is 1. The van der Waals surface area contributed by atoms with Crippen LogP contribution in [0.25, 0.3) is 0 Å². The molecular formula is C12H12BrClN2O5. The molecule has 0 saturated carbocycles. The van der Waals surface area contributed by atoms with Gasteiger partial charge in [0, 0.05) is 9.50 Å². The van der Waals surface area contributed by atoms with E-state index < -0.39 is 30.4 Å². The summed E-state index contributed by atoms with van der Waals surface area (Å²) in [6, 6.07) is 2.55. The summed E-state index contributed by atoms with van der Waals surface area (Å²) in [5.41, 5.74) is 0.363. The first-order valence-corrected chi connectivity index (χ1v) is 6.82. The second-order valence-corrected chi connectivity index (χ2v) is 5.18. The normalized spacial score (nSPS) is 11.4. The van der Waals surface area contributed by atoms with Crippen molar-refractivity contribution in [3.8, 4) is 0 Å². The monoisotopic (exact) mass is 378 g/mol. The lowest BCUT2D eigenvalue weighted by Crippen LogP contribution is -2.44. The number of ether oxygens (including phenoxy) is 1. The third-order valence-corrected chi connectivity index (χ3v) is 3.31. The second kappa shape index (κ2) is 7.84. The molecule has 0 aliphatic rings. The van der Waals surface area contributed by atoms with E-state index >= 15 is 0 Å². The van der Waals surface area contributed by atoms with Crippen molar-refractivity contribution in [2.24, 2.45) is 0 Å². The minimum absolute atomic E-state index is 0.363. The number of nitrogens with one attached hydrogen (secondary N) is 2. The number of hydrogen-bond acceptors (Lipinski definition) is 4. The number of halogens is 2. The highest BCUT2D eigenvalue weighted by Gasteiger charge is 2.24. The van der Waals surface area contributed by atoms with Gasteiger partial charge in [-0.2, -0.15) is 0 Å². The van der Waals surface area contributed by atoms with E-state index in [2.05, 4.69) is 31.3 Å². The molecular weight excluding hydrogens is 367 g/mol. The molecule has 1 rings (SSSR count). The molecule has 0 bridgehead atoms. The van der Waals surface area contributed by atoms with Crippen molar-refractivity contribution in [3.05, 3.63) is 27.7 Å². The van der Waals surface area contributed by atoms with Gasteiger partial charge in [0.05, 0.1) is 19.2 Å². The Morgan fingerprint density at radius 2 is 2.10 bits per heavy atom. The molecule has 0 saturated heterocycles. The quantitative estimate of drug-likeness (QED) is 0.681. The van der Waals surface area contributed by atoms with Gasteiger partial charge in [-0.25, -0.2) is 9.59 Å². The minimum Gasteiger partial charge on any atom is -0.480 e. The van der Waals surface area contributed by atoms with Crippen LogP contribution in [0.2, 0.25) is 5.02 Å². The molecule has 0 unspecified atom stereocenters. The fourth-order valence-corrected chi connectivity index (χ4v) is 1.88. The van der Waals surface area contributed by atoms with E-state index in [0.29, 0.717) is 15.2 Å². The highest BCUT2D eigenvalue weighted by molar-refractivity contribution is 9.10. The Bertz CT molecular complexity index is 567. The molecule has 114 valence electrons. The Morgan fingerprint density at radius 3 is 2.67 bits per heavy atom. The minimum atomic E-state index is -1.39. The van der Waals surface area contributed by atoms with Crippen LogP contribution in [0.15, 0.2) is 22.7 Å². The van der Waals surface area contributed by atoms with E-state index in [1.807, 2.05) is 0 Å². The summed E-state index contributed by atoms with van der Waals surface area (Å²) in [6.45, 7) is 0. The second-order valence-electron chi connectivity index (χ2n) is 3.89. The summed E-state index contributed by atoms with van der Waals surface area (Å²) in [4.78, 5) is 33.8. The number of anilines is 1. The number of amides is 2. The van der Waals surface area contributed by atoms with E-state index in [4.69, 9.17) is 16.7 Å². The van der Waals surface area contributed by atoms with Gasteiger partial charge in [0.2, 0.25) is 0 Å². The molecule has 1 aromatic carbocycles. The van der Waals surface area contributed by atoms with E-state index in [9.17, 15) is 14.4 Å². The van der Waals surface area contributed by atoms with Gasteiger partial charge in [0.1, 0.15) is 6.04 Å². The topological polar surface area (TPSA) is 105 Å². The highest BCUT2D eigenvalue weighted by Crippen LogP contribution is 2.25. The van der Waals surface area contributed by atoms with Crippen LogP contribution < -0.4 is 10.6 Å². The van der Waals surface area contributed by atoms with Gasteiger partial charge in [-0.05, 0) is 34.1 Å². The molecule has 0 heterocycles. The van der Waals surface area contributed by atoms with Gasteiger partial charge in [-0.15, -0.1) is 0 Å². The Hall–Kier alpha value is -1.80. The average Bonchev–Trinajstić information content (AvgIpc) is 2.41. The molecule has 0 aliphatic heterocycles. The lowest BCUT2D eigenvalue weighted by atomic mass is 10.2. The molecule has 2 amide bonds. The Balaban J connectivity index is 2.72. The SMILES string of the molecule is COC(=O)C[C@H](NC(=O)Nc1cc(Cl)ccc1Br)C(=O)O. The predicted molar refractivity (Wildman–Crippen MR) is 79.4 cm³/mol. The maximum absolute atomic E-state index is 11.8. The smallest absolute Gasteiger partial charge is 0.326 e. The fraction of sp³-hybridized carbons (Fsp3) is 0.250. The highest BCUT2D eigenvalue weighted by atomic mass is 79.9. The maximum Gasteiger partial charge on any atom is 0.326 e. The van der Waals surface area contributed by atoms with E-state index in [1.165, 1.54) is 6.07 Å². The van der Waals surface area contributed by atoms with Crippen molar-refractivity contribution in [1.29, 1.82) is 0 Å². The van der Waals surface area contributed by atoms with Crippen LogP contribution in [-0.4, -0.2) is 36.2 Å². The molecule has 0 fully saturated rings. The zero-order valence-corrected chi connectivity index (χ0v) is 13.2. The van der Waals surface area contributed by atoms with Crippen molar-refractivity contribution in [2.45, 2.75) is 12.5 Å². The Labute approximate surface area is 133 Å². The zero-order valence-electron chi connectivity index (χ0n) is 10.9. The summed E-state index contributed by atoms with van der Waals surface area (Å²) in [5, 5.41) is 13.9. The van der Waals surface area contributed by atoms with Crippen LogP contribution in [-0.2, 0) is 14.3 Å². The molecule has 0 aliphatic carbocycles. The number of rotatable bonds is 5. The third-order valence-electron chi connectivity index (χ3n) is 2.38. The number of methoxy groups -OCH3 is 1. The van der Waals surface area contributed by atoms with Gasteiger partial charge < -0.3 is 20.5 Å². The number of carboxylic acid groups (broad SMARTS) is 1.